The molecule has 1 atom stereocenters. The SMILES string of the molecule is CCCOC(=O)C1=C(C)Nc2nnnn2C1c1ccc(OCc2ccc(Cl)cc2Cl)cc1. The zero-order valence-electron chi connectivity index (χ0n) is 17.5. The molecule has 0 fully saturated rings. The molecular formula is C22H21Cl2N5O3. The summed E-state index contributed by atoms with van der Waals surface area (Å²) in [5.74, 6) is 0.708. The predicted octanol–water partition coefficient (Wildman–Crippen LogP) is 4.80. The average Bonchev–Trinajstić information content (AvgIpc) is 3.24. The van der Waals surface area contributed by atoms with E-state index >= 15 is 0 Å². The Morgan fingerprint density at radius 3 is 2.69 bits per heavy atom. The van der Waals surface area contributed by atoms with E-state index in [1.807, 2.05) is 37.3 Å². The fourth-order valence-corrected chi connectivity index (χ4v) is 3.87. The van der Waals surface area contributed by atoms with Gasteiger partial charge in [0.25, 0.3) is 0 Å². The van der Waals surface area contributed by atoms with Gasteiger partial charge in [-0.15, -0.1) is 0 Å². The second-order valence-electron chi connectivity index (χ2n) is 7.24. The summed E-state index contributed by atoms with van der Waals surface area (Å²) in [5, 5.41) is 16.0. The van der Waals surface area contributed by atoms with Gasteiger partial charge in [-0.2, -0.15) is 4.68 Å². The van der Waals surface area contributed by atoms with Crippen molar-refractivity contribution < 1.29 is 14.3 Å². The van der Waals surface area contributed by atoms with Crippen LogP contribution >= 0.6 is 23.2 Å². The lowest BCUT2D eigenvalue weighted by atomic mass is 9.96. The van der Waals surface area contributed by atoms with Gasteiger partial charge in [0.15, 0.2) is 0 Å². The number of nitrogens with zero attached hydrogens (tertiary/aromatic N) is 4. The highest BCUT2D eigenvalue weighted by Crippen LogP contribution is 2.35. The van der Waals surface area contributed by atoms with Crippen LogP contribution in [0.5, 0.6) is 5.75 Å². The highest BCUT2D eigenvalue weighted by molar-refractivity contribution is 6.35. The van der Waals surface area contributed by atoms with Crippen molar-refractivity contribution >= 4 is 35.1 Å². The van der Waals surface area contributed by atoms with Crippen molar-refractivity contribution in [2.24, 2.45) is 0 Å². The van der Waals surface area contributed by atoms with Crippen LogP contribution in [0.3, 0.4) is 0 Å². The Morgan fingerprint density at radius 2 is 1.97 bits per heavy atom. The molecule has 0 aliphatic carbocycles. The lowest BCUT2D eigenvalue weighted by Crippen LogP contribution is -2.29. The predicted molar refractivity (Wildman–Crippen MR) is 121 cm³/mol. The molecule has 1 aromatic heterocycles. The van der Waals surface area contributed by atoms with Crippen molar-refractivity contribution in [2.45, 2.75) is 32.9 Å². The number of anilines is 1. The largest absolute Gasteiger partial charge is 0.489 e. The van der Waals surface area contributed by atoms with Crippen LogP contribution in [0, 0.1) is 0 Å². The Kier molecular flexibility index (Phi) is 6.62. The number of hydrogen-bond acceptors (Lipinski definition) is 7. The third kappa shape index (κ3) is 4.56. The number of esters is 1. The molecule has 1 unspecified atom stereocenters. The maximum absolute atomic E-state index is 12.8. The Balaban J connectivity index is 1.57. The first-order valence-electron chi connectivity index (χ1n) is 10.1. The molecule has 0 spiro atoms. The number of nitrogens with one attached hydrogen (secondary N) is 1. The van der Waals surface area contributed by atoms with E-state index in [9.17, 15) is 4.79 Å². The van der Waals surface area contributed by atoms with E-state index < -0.39 is 12.0 Å². The Bertz CT molecular complexity index is 1160. The number of hydrogen-bond donors (Lipinski definition) is 1. The molecule has 3 aromatic rings. The van der Waals surface area contributed by atoms with Crippen LogP contribution in [0.1, 0.15) is 37.4 Å². The van der Waals surface area contributed by atoms with Crippen molar-refractivity contribution in [1.82, 2.24) is 20.2 Å². The summed E-state index contributed by atoms with van der Waals surface area (Å²) in [6.07, 6.45) is 0.732. The summed E-state index contributed by atoms with van der Waals surface area (Å²) in [5.41, 5.74) is 2.76. The number of tetrazole rings is 1. The smallest absolute Gasteiger partial charge is 0.338 e. The average molecular weight is 474 g/mol. The monoisotopic (exact) mass is 473 g/mol. The fourth-order valence-electron chi connectivity index (χ4n) is 3.40. The topological polar surface area (TPSA) is 91.2 Å². The summed E-state index contributed by atoms with van der Waals surface area (Å²) in [4.78, 5) is 12.8. The maximum Gasteiger partial charge on any atom is 0.338 e. The molecule has 1 aliphatic heterocycles. The number of halogens is 2. The lowest BCUT2D eigenvalue weighted by molar-refractivity contribution is -0.139. The van der Waals surface area contributed by atoms with E-state index in [0.29, 0.717) is 46.2 Å². The van der Waals surface area contributed by atoms with Crippen molar-refractivity contribution in [1.29, 1.82) is 0 Å². The second kappa shape index (κ2) is 9.58. The zero-order chi connectivity index (χ0) is 22.7. The number of ether oxygens (including phenoxy) is 2. The number of allylic oxidation sites excluding steroid dienone is 1. The first-order chi connectivity index (χ1) is 15.5. The van der Waals surface area contributed by atoms with E-state index in [4.69, 9.17) is 32.7 Å². The first kappa shape index (κ1) is 22.1. The molecule has 0 radical (unpaired) electrons. The number of carbonyl (C=O) groups is 1. The zero-order valence-corrected chi connectivity index (χ0v) is 19.0. The van der Waals surface area contributed by atoms with Gasteiger partial charge < -0.3 is 14.8 Å². The molecule has 0 bridgehead atoms. The van der Waals surface area contributed by atoms with Crippen molar-refractivity contribution in [3.05, 3.63) is 74.9 Å². The van der Waals surface area contributed by atoms with Gasteiger partial charge >= 0.3 is 5.97 Å². The Hall–Kier alpha value is -3.10. The summed E-state index contributed by atoms with van der Waals surface area (Å²) >= 11 is 12.2. The first-order valence-corrected chi connectivity index (χ1v) is 10.8. The third-order valence-electron chi connectivity index (χ3n) is 4.98. The van der Waals surface area contributed by atoms with E-state index in [0.717, 1.165) is 17.5 Å². The molecule has 0 saturated carbocycles. The van der Waals surface area contributed by atoms with E-state index in [-0.39, 0.29) is 0 Å². The molecule has 0 saturated heterocycles. The van der Waals surface area contributed by atoms with Gasteiger partial charge in [-0.05, 0) is 53.6 Å². The molecule has 0 amide bonds. The molecule has 32 heavy (non-hydrogen) atoms. The summed E-state index contributed by atoms with van der Waals surface area (Å²) in [7, 11) is 0. The van der Waals surface area contributed by atoms with Crippen LogP contribution in [0.25, 0.3) is 0 Å². The van der Waals surface area contributed by atoms with Crippen molar-refractivity contribution in [3.63, 3.8) is 0 Å². The highest BCUT2D eigenvalue weighted by Gasteiger charge is 2.34. The van der Waals surface area contributed by atoms with Gasteiger partial charge in [0.05, 0.1) is 12.2 Å². The van der Waals surface area contributed by atoms with Gasteiger partial charge in [-0.25, -0.2) is 4.79 Å². The molecule has 1 N–H and O–H groups in total. The quantitative estimate of drug-likeness (QED) is 0.492. The van der Waals surface area contributed by atoms with Gasteiger partial charge in [0.1, 0.15) is 18.4 Å². The van der Waals surface area contributed by atoms with Crippen LogP contribution in [0.2, 0.25) is 10.0 Å². The van der Waals surface area contributed by atoms with Gasteiger partial charge in [0.2, 0.25) is 5.95 Å². The minimum atomic E-state index is -0.523. The van der Waals surface area contributed by atoms with E-state index in [1.54, 1.807) is 23.7 Å². The number of rotatable bonds is 7. The molecule has 4 rings (SSSR count). The summed E-state index contributed by atoms with van der Waals surface area (Å²) in [6, 6.07) is 12.2. The molecule has 2 aromatic carbocycles. The second-order valence-corrected chi connectivity index (χ2v) is 8.09. The van der Waals surface area contributed by atoms with E-state index in [1.165, 1.54) is 0 Å². The van der Waals surface area contributed by atoms with Gasteiger partial charge in [-0.1, -0.05) is 53.4 Å². The van der Waals surface area contributed by atoms with E-state index in [2.05, 4.69) is 20.8 Å². The maximum atomic E-state index is 12.8. The van der Waals surface area contributed by atoms with Crippen LogP contribution < -0.4 is 10.1 Å². The van der Waals surface area contributed by atoms with Crippen molar-refractivity contribution in [2.75, 3.05) is 11.9 Å². The standard InChI is InChI=1S/C22H21Cl2N5O3/c1-3-10-31-21(30)19-13(2)25-22-26-27-28-29(22)20(19)14-5-8-17(9-6-14)32-12-15-4-7-16(23)11-18(15)24/h4-9,11,20H,3,10,12H2,1-2H3,(H,25,26,28). The van der Waals surface area contributed by atoms with Crippen LogP contribution in [-0.2, 0) is 16.1 Å². The summed E-state index contributed by atoms with van der Waals surface area (Å²) in [6.45, 7) is 4.39. The number of fused-ring (bicyclic) bond motifs is 1. The summed E-state index contributed by atoms with van der Waals surface area (Å²) < 4.78 is 12.8. The molecular weight excluding hydrogens is 453 g/mol. The molecule has 1 aliphatic rings. The van der Waals surface area contributed by atoms with Crippen molar-refractivity contribution in [3.8, 4) is 5.75 Å². The lowest BCUT2D eigenvalue weighted by Gasteiger charge is -2.27. The van der Waals surface area contributed by atoms with Crippen LogP contribution in [0.15, 0.2) is 53.7 Å². The molecule has 8 nitrogen and oxygen atoms in total. The highest BCUT2D eigenvalue weighted by atomic mass is 35.5. The molecule has 10 heteroatoms. The fraction of sp³-hybridized carbons (Fsp3) is 0.273. The Morgan fingerprint density at radius 1 is 1.19 bits per heavy atom. The minimum absolute atomic E-state index is 0.299. The minimum Gasteiger partial charge on any atom is -0.489 e. The van der Waals surface area contributed by atoms with Gasteiger partial charge in [0, 0.05) is 21.3 Å². The molecule has 166 valence electrons. The van der Waals surface area contributed by atoms with Crippen LogP contribution in [-0.4, -0.2) is 32.8 Å². The number of benzene rings is 2. The van der Waals surface area contributed by atoms with Gasteiger partial charge in [-0.3, -0.25) is 0 Å². The number of aromatic nitrogens is 4. The Labute approximate surface area is 195 Å². The van der Waals surface area contributed by atoms with Crippen LogP contribution in [0.4, 0.5) is 5.95 Å². The number of carbonyl (C=O) groups excluding carboxylic acids is 1. The normalized spacial score (nSPS) is 15.2. The third-order valence-corrected chi connectivity index (χ3v) is 5.56. The molecule has 2 heterocycles.